The van der Waals surface area contributed by atoms with Gasteiger partial charge in [-0.3, -0.25) is 0 Å². The molecule has 0 radical (unpaired) electrons. The normalized spacial score (nSPS) is 19.7. The second kappa shape index (κ2) is 3.28. The Bertz CT molecular complexity index is 322. The number of aromatic nitrogens is 2. The fourth-order valence-corrected chi connectivity index (χ4v) is 2.56. The molecule has 0 aromatic carbocycles. The number of hydrogen-bond acceptors (Lipinski definition) is 4. The van der Waals surface area contributed by atoms with Crippen LogP contribution in [0.4, 0.5) is 0 Å². The molecule has 2 N–H and O–H groups in total. The molecule has 1 unspecified atom stereocenters. The van der Waals surface area contributed by atoms with Crippen LogP contribution in [0.25, 0.3) is 0 Å². The van der Waals surface area contributed by atoms with Gasteiger partial charge in [0.2, 0.25) is 0 Å². The van der Waals surface area contributed by atoms with E-state index in [1.54, 1.807) is 0 Å². The van der Waals surface area contributed by atoms with Crippen molar-refractivity contribution < 1.29 is 0 Å². The van der Waals surface area contributed by atoms with E-state index in [2.05, 4.69) is 30.4 Å². The van der Waals surface area contributed by atoms with Gasteiger partial charge in [-0.2, -0.15) is 0 Å². The van der Waals surface area contributed by atoms with Gasteiger partial charge in [0.15, 0.2) is 0 Å². The van der Waals surface area contributed by atoms with E-state index in [4.69, 9.17) is 5.73 Å². The summed E-state index contributed by atoms with van der Waals surface area (Å²) in [4.78, 5) is 1.19. The topological polar surface area (TPSA) is 51.8 Å². The fourth-order valence-electron chi connectivity index (χ4n) is 1.61. The Morgan fingerprint density at radius 2 is 2.07 bits per heavy atom. The number of hydrogen-bond donors (Lipinski definition) is 1. The number of nitrogens with zero attached hydrogens (tertiary/aromatic N) is 2. The van der Waals surface area contributed by atoms with Crippen LogP contribution in [0.2, 0.25) is 0 Å². The number of rotatable bonds is 2. The van der Waals surface area contributed by atoms with Gasteiger partial charge >= 0.3 is 0 Å². The summed E-state index contributed by atoms with van der Waals surface area (Å²) in [6, 6.07) is 0.171. The molecule has 1 aromatic heterocycles. The molecule has 1 aliphatic rings. The van der Waals surface area contributed by atoms with Crippen molar-refractivity contribution in [1.29, 1.82) is 0 Å². The zero-order chi connectivity index (χ0) is 10.3. The van der Waals surface area contributed by atoms with Crippen molar-refractivity contribution in [3.05, 3.63) is 10.6 Å². The average molecular weight is 211 g/mol. The minimum Gasteiger partial charge on any atom is -0.323 e. The minimum absolute atomic E-state index is 0.0643. The average Bonchev–Trinajstić information content (AvgIpc) is 2.78. The summed E-state index contributed by atoms with van der Waals surface area (Å²) < 4.78 is 4.03. The van der Waals surface area contributed by atoms with E-state index in [1.165, 1.54) is 29.3 Å². The molecule has 0 amide bonds. The van der Waals surface area contributed by atoms with Gasteiger partial charge in [-0.25, -0.2) is 0 Å². The first-order chi connectivity index (χ1) is 6.50. The van der Waals surface area contributed by atoms with Gasteiger partial charge in [-0.1, -0.05) is 25.3 Å². The highest BCUT2D eigenvalue weighted by Crippen LogP contribution is 2.42. The highest BCUT2D eigenvalue weighted by molar-refractivity contribution is 7.05. The molecule has 0 aliphatic heterocycles. The maximum Gasteiger partial charge on any atom is 0.0857 e. The first kappa shape index (κ1) is 10.1. The highest BCUT2D eigenvalue weighted by Gasteiger charge is 2.34. The van der Waals surface area contributed by atoms with Crippen LogP contribution in [0, 0.1) is 5.92 Å². The minimum atomic E-state index is 0.0643. The standard InChI is InChI=1S/C10H17N3S/c1-10(2,3)9-8(14-13-12-9)7(11)6-4-5-6/h6-7H,4-5,11H2,1-3H3. The summed E-state index contributed by atoms with van der Waals surface area (Å²) in [5.74, 6) is 0.679. The molecule has 14 heavy (non-hydrogen) atoms. The summed E-state index contributed by atoms with van der Waals surface area (Å²) in [5, 5.41) is 4.21. The summed E-state index contributed by atoms with van der Waals surface area (Å²) >= 11 is 1.47. The lowest BCUT2D eigenvalue weighted by molar-refractivity contribution is 0.540. The van der Waals surface area contributed by atoms with Crippen molar-refractivity contribution in [3.63, 3.8) is 0 Å². The molecular formula is C10H17N3S. The molecule has 2 rings (SSSR count). The van der Waals surface area contributed by atoms with E-state index >= 15 is 0 Å². The zero-order valence-electron chi connectivity index (χ0n) is 8.95. The maximum absolute atomic E-state index is 6.17. The van der Waals surface area contributed by atoms with E-state index < -0.39 is 0 Å². The van der Waals surface area contributed by atoms with Crippen molar-refractivity contribution in [3.8, 4) is 0 Å². The van der Waals surface area contributed by atoms with Crippen molar-refractivity contribution in [2.24, 2.45) is 11.7 Å². The van der Waals surface area contributed by atoms with Gasteiger partial charge < -0.3 is 5.73 Å². The van der Waals surface area contributed by atoms with Crippen LogP contribution >= 0.6 is 11.5 Å². The van der Waals surface area contributed by atoms with Gasteiger partial charge in [0, 0.05) is 11.5 Å². The molecule has 78 valence electrons. The lowest BCUT2D eigenvalue weighted by atomic mass is 9.89. The van der Waals surface area contributed by atoms with E-state index in [1.807, 2.05) is 0 Å². The van der Waals surface area contributed by atoms with Crippen LogP contribution < -0.4 is 5.73 Å². The van der Waals surface area contributed by atoms with Crippen molar-refractivity contribution in [2.75, 3.05) is 0 Å². The largest absolute Gasteiger partial charge is 0.323 e. The second-order valence-electron chi connectivity index (χ2n) is 5.10. The van der Waals surface area contributed by atoms with Gasteiger partial charge in [-0.15, -0.1) is 5.10 Å². The Morgan fingerprint density at radius 1 is 1.43 bits per heavy atom. The molecule has 1 heterocycles. The Morgan fingerprint density at radius 3 is 2.57 bits per heavy atom. The summed E-state index contributed by atoms with van der Waals surface area (Å²) in [5.41, 5.74) is 7.32. The Balaban J connectivity index is 2.28. The number of nitrogens with two attached hydrogens (primary N) is 1. The first-order valence-corrected chi connectivity index (χ1v) is 5.86. The molecule has 0 bridgehead atoms. The molecule has 1 aromatic rings. The monoisotopic (exact) mass is 211 g/mol. The molecule has 1 aliphatic carbocycles. The Kier molecular flexibility index (Phi) is 2.35. The van der Waals surface area contributed by atoms with Crippen LogP contribution in [-0.2, 0) is 5.41 Å². The summed E-state index contributed by atoms with van der Waals surface area (Å²) in [7, 11) is 0. The molecule has 0 saturated heterocycles. The summed E-state index contributed by atoms with van der Waals surface area (Å²) in [6.07, 6.45) is 2.53. The van der Waals surface area contributed by atoms with Crippen LogP contribution in [0.3, 0.4) is 0 Å². The van der Waals surface area contributed by atoms with E-state index in [9.17, 15) is 0 Å². The van der Waals surface area contributed by atoms with E-state index in [0.717, 1.165) is 5.69 Å². The SMILES string of the molecule is CC(C)(C)c1nnsc1C(N)C1CC1. The quantitative estimate of drug-likeness (QED) is 0.816. The molecule has 0 spiro atoms. The highest BCUT2D eigenvalue weighted by atomic mass is 32.1. The van der Waals surface area contributed by atoms with Gasteiger partial charge in [0.05, 0.1) is 10.6 Å². The van der Waals surface area contributed by atoms with Crippen LogP contribution in [0.15, 0.2) is 0 Å². The van der Waals surface area contributed by atoms with Crippen molar-refractivity contribution in [1.82, 2.24) is 9.59 Å². The van der Waals surface area contributed by atoms with Crippen LogP contribution in [-0.4, -0.2) is 9.59 Å². The smallest absolute Gasteiger partial charge is 0.0857 e. The predicted molar refractivity (Wildman–Crippen MR) is 58.3 cm³/mol. The lowest BCUT2D eigenvalue weighted by Crippen LogP contribution is -2.19. The zero-order valence-corrected chi connectivity index (χ0v) is 9.77. The lowest BCUT2D eigenvalue weighted by Gasteiger charge is -2.19. The predicted octanol–water partition coefficient (Wildman–Crippen LogP) is 2.25. The maximum atomic E-state index is 6.17. The van der Waals surface area contributed by atoms with E-state index in [-0.39, 0.29) is 11.5 Å². The molecular weight excluding hydrogens is 194 g/mol. The molecule has 1 atom stereocenters. The second-order valence-corrected chi connectivity index (χ2v) is 5.88. The third-order valence-corrected chi connectivity index (χ3v) is 3.48. The Hall–Kier alpha value is -0.480. The third-order valence-electron chi connectivity index (χ3n) is 2.66. The summed E-state index contributed by atoms with van der Waals surface area (Å²) in [6.45, 7) is 6.48. The molecule has 1 saturated carbocycles. The fraction of sp³-hybridized carbons (Fsp3) is 0.800. The van der Waals surface area contributed by atoms with E-state index in [0.29, 0.717) is 5.92 Å². The van der Waals surface area contributed by atoms with Gasteiger partial charge in [-0.05, 0) is 30.3 Å². The van der Waals surface area contributed by atoms with Crippen LogP contribution in [0.5, 0.6) is 0 Å². The van der Waals surface area contributed by atoms with Crippen molar-refractivity contribution in [2.45, 2.75) is 45.1 Å². The molecule has 1 fully saturated rings. The van der Waals surface area contributed by atoms with Gasteiger partial charge in [0.1, 0.15) is 0 Å². The Labute approximate surface area is 88.9 Å². The molecule has 4 heteroatoms. The van der Waals surface area contributed by atoms with Crippen molar-refractivity contribution >= 4 is 11.5 Å². The van der Waals surface area contributed by atoms with Crippen LogP contribution in [0.1, 0.15) is 50.2 Å². The molecule has 3 nitrogen and oxygen atoms in total. The van der Waals surface area contributed by atoms with Gasteiger partial charge in [0.25, 0.3) is 0 Å². The first-order valence-electron chi connectivity index (χ1n) is 5.08. The third kappa shape index (κ3) is 1.81.